The van der Waals surface area contributed by atoms with Gasteiger partial charge < -0.3 is 29.9 Å². The molecule has 1 fully saturated rings. The number of alkyl halides is 1. The monoisotopic (exact) mass is 240 g/mol. The van der Waals surface area contributed by atoms with E-state index in [4.69, 9.17) is 5.11 Å². The highest BCUT2D eigenvalue weighted by atomic mass is 19.2. The second kappa shape index (κ2) is 4.60. The predicted octanol–water partition coefficient (Wildman–Crippen LogP) is -2.35. The Morgan fingerprint density at radius 2 is 2.00 bits per heavy atom. The molecule has 0 saturated carbocycles. The van der Waals surface area contributed by atoms with Crippen LogP contribution >= 0.6 is 0 Å². The summed E-state index contributed by atoms with van der Waals surface area (Å²) in [7, 11) is 0. The van der Waals surface area contributed by atoms with Gasteiger partial charge in [0.05, 0.1) is 6.61 Å². The van der Waals surface area contributed by atoms with Crippen LogP contribution in [0.25, 0.3) is 0 Å². The van der Waals surface area contributed by atoms with Crippen LogP contribution in [0.2, 0.25) is 0 Å². The lowest BCUT2D eigenvalue weighted by Gasteiger charge is -2.42. The van der Waals surface area contributed by atoms with Gasteiger partial charge in [-0.3, -0.25) is 4.79 Å². The summed E-state index contributed by atoms with van der Waals surface area (Å²) < 4.78 is 22.3. The molecule has 7 nitrogen and oxygen atoms in total. The van der Waals surface area contributed by atoms with E-state index in [0.29, 0.717) is 0 Å². The summed E-state index contributed by atoms with van der Waals surface area (Å²) in [6, 6.07) is -3.28. The number of rotatable bonds is 2. The third-order valence-electron chi connectivity index (χ3n) is 2.18. The average molecular weight is 240 g/mol. The standard InChI is InChI=1S/C8H13FO7/c1-3(11)15-8(9)7(14)6(13)5(12)4(2-10)16-8/h4-7,10,12-14H,2H2,1H3/t4-,5-,6+,7+,8-/m1/s1. The van der Waals surface area contributed by atoms with Crippen LogP contribution in [0.15, 0.2) is 0 Å². The van der Waals surface area contributed by atoms with Crippen molar-refractivity contribution < 1.29 is 39.1 Å². The largest absolute Gasteiger partial charge is 0.402 e. The molecule has 0 amide bonds. The summed E-state index contributed by atoms with van der Waals surface area (Å²) in [4.78, 5) is 10.6. The quantitative estimate of drug-likeness (QED) is 0.399. The smallest absolute Gasteiger partial charge is 0.395 e. The Kier molecular flexibility index (Phi) is 3.81. The Morgan fingerprint density at radius 1 is 1.44 bits per heavy atom. The van der Waals surface area contributed by atoms with Crippen molar-refractivity contribution in [2.45, 2.75) is 37.4 Å². The van der Waals surface area contributed by atoms with Gasteiger partial charge in [0.2, 0.25) is 0 Å². The lowest BCUT2D eigenvalue weighted by atomic mass is 9.98. The molecule has 0 spiro atoms. The highest BCUT2D eigenvalue weighted by molar-refractivity contribution is 5.66. The summed E-state index contributed by atoms with van der Waals surface area (Å²) >= 11 is 0. The van der Waals surface area contributed by atoms with Gasteiger partial charge in [0.25, 0.3) is 0 Å². The summed E-state index contributed by atoms with van der Waals surface area (Å²) in [5, 5.41) is 36.6. The van der Waals surface area contributed by atoms with Gasteiger partial charge in [-0.15, -0.1) is 0 Å². The van der Waals surface area contributed by atoms with Crippen molar-refractivity contribution in [2.75, 3.05) is 6.61 Å². The minimum Gasteiger partial charge on any atom is -0.402 e. The van der Waals surface area contributed by atoms with Crippen molar-refractivity contribution in [2.24, 2.45) is 0 Å². The van der Waals surface area contributed by atoms with Crippen molar-refractivity contribution in [1.82, 2.24) is 0 Å². The number of hydrogen-bond acceptors (Lipinski definition) is 7. The van der Waals surface area contributed by atoms with Crippen LogP contribution in [0.4, 0.5) is 4.39 Å². The minimum absolute atomic E-state index is 0.808. The Labute approximate surface area is 90.0 Å². The van der Waals surface area contributed by atoms with E-state index in [1.54, 1.807) is 0 Å². The highest BCUT2D eigenvalue weighted by Gasteiger charge is 2.57. The van der Waals surface area contributed by atoms with Crippen LogP contribution in [0, 0.1) is 0 Å². The maximum absolute atomic E-state index is 13.8. The number of halogens is 1. The summed E-state index contributed by atoms with van der Waals surface area (Å²) in [6.45, 7) is 0.0701. The molecule has 16 heavy (non-hydrogen) atoms. The molecule has 0 radical (unpaired) electrons. The van der Waals surface area contributed by atoms with E-state index in [1.165, 1.54) is 0 Å². The van der Waals surface area contributed by atoms with E-state index >= 15 is 0 Å². The zero-order valence-electron chi connectivity index (χ0n) is 8.41. The van der Waals surface area contributed by atoms with Crippen LogP contribution in [0.3, 0.4) is 0 Å². The number of carbonyl (C=O) groups excluding carboxylic acids is 1. The van der Waals surface area contributed by atoms with Crippen LogP contribution in [-0.4, -0.2) is 63.5 Å². The molecule has 0 aliphatic carbocycles. The van der Waals surface area contributed by atoms with E-state index in [1.807, 2.05) is 0 Å². The molecule has 1 rings (SSSR count). The van der Waals surface area contributed by atoms with Gasteiger partial charge in [-0.1, -0.05) is 0 Å². The maximum Gasteiger partial charge on any atom is 0.395 e. The van der Waals surface area contributed by atoms with Crippen LogP contribution in [-0.2, 0) is 14.3 Å². The summed E-state index contributed by atoms with van der Waals surface area (Å²) in [5.74, 6) is -1.08. The van der Waals surface area contributed by atoms with Gasteiger partial charge in [-0.2, -0.15) is 4.39 Å². The fourth-order valence-electron chi connectivity index (χ4n) is 1.38. The third kappa shape index (κ3) is 2.30. The lowest BCUT2D eigenvalue weighted by Crippen LogP contribution is -2.64. The highest BCUT2D eigenvalue weighted by Crippen LogP contribution is 2.32. The predicted molar refractivity (Wildman–Crippen MR) is 45.6 cm³/mol. The van der Waals surface area contributed by atoms with Gasteiger partial charge in [0.1, 0.15) is 18.3 Å². The van der Waals surface area contributed by atoms with Gasteiger partial charge >= 0.3 is 12.0 Å². The molecule has 1 heterocycles. The zero-order valence-corrected chi connectivity index (χ0v) is 8.41. The first-order chi connectivity index (χ1) is 7.31. The maximum atomic E-state index is 13.8. The SMILES string of the molecule is CC(=O)O[C@@]1(F)O[C@H](CO)[C@@H](O)[C@H](O)[C@@H]1O. The fourth-order valence-corrected chi connectivity index (χ4v) is 1.38. The minimum atomic E-state index is -3.28. The molecule has 5 atom stereocenters. The molecule has 0 unspecified atom stereocenters. The molecule has 0 aromatic carbocycles. The Hall–Kier alpha value is -0.800. The molecule has 0 aromatic rings. The number of carbonyl (C=O) groups is 1. The second-order valence-corrected chi connectivity index (χ2v) is 3.44. The van der Waals surface area contributed by atoms with Crippen molar-refractivity contribution in [3.05, 3.63) is 0 Å². The van der Waals surface area contributed by atoms with Gasteiger partial charge in [0, 0.05) is 6.92 Å². The van der Waals surface area contributed by atoms with E-state index in [0.717, 1.165) is 6.92 Å². The van der Waals surface area contributed by atoms with Gasteiger partial charge in [0.15, 0.2) is 6.10 Å². The number of esters is 1. The van der Waals surface area contributed by atoms with Crippen LogP contribution in [0.5, 0.6) is 0 Å². The van der Waals surface area contributed by atoms with Crippen molar-refractivity contribution in [3.8, 4) is 0 Å². The molecule has 8 heteroatoms. The molecule has 1 aliphatic rings. The molecule has 1 aliphatic heterocycles. The molecule has 94 valence electrons. The van der Waals surface area contributed by atoms with Gasteiger partial charge in [-0.25, -0.2) is 0 Å². The Morgan fingerprint density at radius 3 is 2.44 bits per heavy atom. The number of hydrogen-bond donors (Lipinski definition) is 4. The van der Waals surface area contributed by atoms with Crippen molar-refractivity contribution in [3.63, 3.8) is 0 Å². The number of aliphatic hydroxyl groups is 4. The van der Waals surface area contributed by atoms with E-state index in [-0.39, 0.29) is 0 Å². The number of aliphatic hydroxyl groups excluding tert-OH is 4. The average Bonchev–Trinajstić information content (AvgIpc) is 2.20. The number of ether oxygens (including phenoxy) is 2. The summed E-state index contributed by atoms with van der Waals surface area (Å²) in [6.07, 6.45) is -7.37. The molecular formula is C8H13FO7. The van der Waals surface area contributed by atoms with E-state index in [2.05, 4.69) is 9.47 Å². The first-order valence-electron chi connectivity index (χ1n) is 4.53. The van der Waals surface area contributed by atoms with E-state index in [9.17, 15) is 24.5 Å². The summed E-state index contributed by atoms with van der Waals surface area (Å²) in [5.41, 5.74) is 0. The molecule has 4 N–H and O–H groups in total. The molecular weight excluding hydrogens is 227 g/mol. The zero-order chi connectivity index (χ0) is 12.5. The lowest BCUT2D eigenvalue weighted by molar-refractivity contribution is -0.403. The second-order valence-electron chi connectivity index (χ2n) is 3.44. The molecule has 0 aromatic heterocycles. The first-order valence-corrected chi connectivity index (χ1v) is 4.53. The Balaban J connectivity index is 2.89. The van der Waals surface area contributed by atoms with Crippen LogP contribution in [0.1, 0.15) is 6.92 Å². The molecule has 1 saturated heterocycles. The van der Waals surface area contributed by atoms with Crippen LogP contribution < -0.4 is 0 Å². The van der Waals surface area contributed by atoms with E-state index < -0.39 is 43.0 Å². The topological polar surface area (TPSA) is 116 Å². The first kappa shape index (κ1) is 13.3. The van der Waals surface area contributed by atoms with Crippen molar-refractivity contribution >= 4 is 5.97 Å². The Bertz CT molecular complexity index is 271. The van der Waals surface area contributed by atoms with Crippen molar-refractivity contribution in [1.29, 1.82) is 0 Å². The fraction of sp³-hybridized carbons (Fsp3) is 0.875. The third-order valence-corrected chi connectivity index (χ3v) is 2.18. The molecule has 0 bridgehead atoms. The normalized spacial score (nSPS) is 44.1. The van der Waals surface area contributed by atoms with Gasteiger partial charge in [-0.05, 0) is 0 Å².